The van der Waals surface area contributed by atoms with Crippen LogP contribution in [0.2, 0.25) is 0 Å². The second-order valence-corrected chi connectivity index (χ2v) is 14.1. The zero-order chi connectivity index (χ0) is 37.0. The number of hydrogen-bond donors (Lipinski definition) is 0. The molecule has 0 atom stereocenters. The molecule has 3 rings (SSSR count). The van der Waals surface area contributed by atoms with Crippen molar-refractivity contribution in [1.29, 1.82) is 0 Å². The molecule has 0 saturated carbocycles. The maximum absolute atomic E-state index is 14.1. The third kappa shape index (κ3) is 8.38. The second kappa shape index (κ2) is 13.0. The Morgan fingerprint density at radius 1 is 0.688 bits per heavy atom. The maximum Gasteiger partial charge on any atom is 0.598 e. The van der Waals surface area contributed by atoms with Crippen molar-refractivity contribution < 1.29 is 53.2 Å². The summed E-state index contributed by atoms with van der Waals surface area (Å²) in [6, 6.07) is 7.18. The van der Waals surface area contributed by atoms with Gasteiger partial charge in [-0.3, -0.25) is 4.99 Å². The molecule has 1 aromatic carbocycles. The Kier molecular flexibility index (Phi) is 10.7. The van der Waals surface area contributed by atoms with Crippen LogP contribution in [0.3, 0.4) is 0 Å². The molecule has 0 spiro atoms. The molecule has 0 N–H and O–H groups in total. The van der Waals surface area contributed by atoms with Crippen molar-refractivity contribution in [3.8, 4) is 0 Å². The third-order valence-corrected chi connectivity index (χ3v) is 7.79. The number of aliphatic imine (C=N–C) groups is 1. The summed E-state index contributed by atoms with van der Waals surface area (Å²) in [4.78, 5) is 4.66. The normalized spacial score (nSPS) is 16.3. The lowest BCUT2D eigenvalue weighted by atomic mass is 9.78. The molecule has 15 heteroatoms. The molecular weight excluding hydrogens is 657 g/mol. The quantitative estimate of drug-likeness (QED) is 0.193. The molecule has 2 aromatic rings. The first-order valence-electron chi connectivity index (χ1n) is 14.9. The minimum Gasteiger partial charge on any atom is -0.385 e. The summed E-state index contributed by atoms with van der Waals surface area (Å²) in [7, 11) is -2.57. The minimum absolute atomic E-state index is 0.0512. The Hall–Kier alpha value is -3.07. The van der Waals surface area contributed by atoms with Gasteiger partial charge in [0, 0.05) is 22.7 Å². The maximum atomic E-state index is 14.1. The van der Waals surface area contributed by atoms with Crippen molar-refractivity contribution in [2.24, 2.45) is 4.99 Å². The minimum atomic E-state index is -6.11. The Labute approximate surface area is 274 Å². The molecule has 0 fully saturated rings. The lowest BCUT2D eigenvalue weighted by molar-refractivity contribution is -0.295. The van der Waals surface area contributed by atoms with E-state index in [-0.39, 0.29) is 11.4 Å². The van der Waals surface area contributed by atoms with Crippen LogP contribution in [0.15, 0.2) is 46.6 Å². The molecule has 48 heavy (non-hydrogen) atoms. The molecule has 2 heterocycles. The Morgan fingerprint density at radius 2 is 1.12 bits per heavy atom. The van der Waals surface area contributed by atoms with Crippen LogP contribution in [-0.4, -0.2) is 54.9 Å². The highest BCUT2D eigenvalue weighted by molar-refractivity contribution is 6.43. The van der Waals surface area contributed by atoms with E-state index in [0.717, 1.165) is 15.6 Å². The van der Waals surface area contributed by atoms with Crippen molar-refractivity contribution in [3.63, 3.8) is 0 Å². The van der Waals surface area contributed by atoms with Gasteiger partial charge in [-0.15, -0.1) is 0 Å². The van der Waals surface area contributed by atoms with Crippen LogP contribution in [-0.2, 0) is 20.1 Å². The van der Waals surface area contributed by atoms with E-state index in [9.17, 15) is 43.9 Å². The molecule has 1 aliphatic heterocycles. The Bertz CT molecular complexity index is 1560. The van der Waals surface area contributed by atoms with E-state index in [0.29, 0.717) is 33.7 Å². The first-order valence-corrected chi connectivity index (χ1v) is 14.9. The van der Waals surface area contributed by atoms with Gasteiger partial charge < -0.3 is 13.8 Å². The second-order valence-electron chi connectivity index (χ2n) is 14.1. The number of hydrogen-bond acceptors (Lipinski definition) is 3. The van der Waals surface area contributed by atoms with E-state index in [1.165, 1.54) is 13.0 Å². The molecule has 266 valence electrons. The van der Waals surface area contributed by atoms with E-state index in [4.69, 9.17) is 9.31 Å². The van der Waals surface area contributed by atoms with Gasteiger partial charge in [0.25, 0.3) is 0 Å². The van der Waals surface area contributed by atoms with Crippen LogP contribution in [0.1, 0.15) is 89.0 Å². The van der Waals surface area contributed by atoms with Crippen LogP contribution in [0.25, 0.3) is 5.57 Å². The monoisotopic (exact) mass is 696 g/mol. The predicted octanol–water partition coefficient (Wildman–Crippen LogP) is 10.1. The van der Waals surface area contributed by atoms with Crippen LogP contribution >= 0.6 is 0 Å². The van der Waals surface area contributed by atoms with Crippen molar-refractivity contribution in [1.82, 2.24) is 4.48 Å². The Morgan fingerprint density at radius 3 is 1.48 bits per heavy atom. The highest BCUT2D eigenvalue weighted by Crippen LogP contribution is 2.42. The molecule has 0 saturated heterocycles. The number of rotatable bonds is 9. The van der Waals surface area contributed by atoms with Gasteiger partial charge >= 0.3 is 31.5 Å². The molecule has 0 bridgehead atoms. The molecule has 0 unspecified atom stereocenters. The number of halogens is 10. The molecule has 0 aliphatic carbocycles. The van der Waals surface area contributed by atoms with E-state index in [2.05, 4.69) is 4.99 Å². The van der Waals surface area contributed by atoms with Crippen LogP contribution in [0.5, 0.6) is 0 Å². The molecule has 0 amide bonds. The number of benzene rings is 1. The fourth-order valence-electron chi connectivity index (χ4n) is 5.07. The largest absolute Gasteiger partial charge is 0.598 e. The molecular formula is C33H39BF10N2O2. The van der Waals surface area contributed by atoms with Crippen LogP contribution in [0.4, 0.5) is 43.9 Å². The smallest absolute Gasteiger partial charge is 0.385 e. The summed E-state index contributed by atoms with van der Waals surface area (Å²) in [6.07, 6.45) is -10.5. The highest BCUT2D eigenvalue weighted by atomic mass is 19.4. The van der Waals surface area contributed by atoms with Gasteiger partial charge in [-0.1, -0.05) is 59.7 Å². The van der Waals surface area contributed by atoms with Crippen molar-refractivity contribution >= 4 is 18.5 Å². The van der Waals surface area contributed by atoms with Crippen molar-refractivity contribution in [2.45, 2.75) is 104 Å². The van der Waals surface area contributed by atoms with Crippen molar-refractivity contribution in [3.05, 3.63) is 75.3 Å². The van der Waals surface area contributed by atoms with Gasteiger partial charge in [0.05, 0.1) is 5.70 Å². The number of nitrogens with zero attached hydrogens (tertiary/aromatic N) is 2. The topological polar surface area (TPSA) is 35.8 Å². The summed E-state index contributed by atoms with van der Waals surface area (Å²) in [5.74, 6) is -11.0. The average Bonchev–Trinajstić information content (AvgIpc) is 3.38. The number of alkyl halides is 10. The fraction of sp³-hybridized carbons (Fsp3) is 0.545. The van der Waals surface area contributed by atoms with Crippen LogP contribution < -0.4 is 0 Å². The van der Waals surface area contributed by atoms with Gasteiger partial charge in [0.1, 0.15) is 13.2 Å². The van der Waals surface area contributed by atoms with E-state index < -0.39 is 55.5 Å². The van der Waals surface area contributed by atoms with Crippen molar-refractivity contribution in [2.75, 3.05) is 13.2 Å². The first-order chi connectivity index (χ1) is 21.5. The summed E-state index contributed by atoms with van der Waals surface area (Å²) in [6.45, 7) is 13.4. The Balaban J connectivity index is 2.42. The molecule has 1 aromatic heterocycles. The summed E-state index contributed by atoms with van der Waals surface area (Å²) >= 11 is 0. The van der Waals surface area contributed by atoms with Gasteiger partial charge in [0.15, 0.2) is 0 Å². The fourth-order valence-corrected chi connectivity index (χ4v) is 5.07. The van der Waals surface area contributed by atoms with E-state index in [1.807, 2.05) is 59.7 Å². The number of aryl methyl sites for hydroxylation is 2. The lowest BCUT2D eigenvalue weighted by Gasteiger charge is -2.29. The zero-order valence-electron chi connectivity index (χ0n) is 28.4. The number of allylic oxidation sites excluding steroid dienone is 2. The highest BCUT2D eigenvalue weighted by Gasteiger charge is 2.60. The summed E-state index contributed by atoms with van der Waals surface area (Å²) in [5.41, 5.74) is 3.81. The molecule has 0 radical (unpaired) electrons. The third-order valence-electron chi connectivity index (χ3n) is 7.79. The van der Waals surface area contributed by atoms with Crippen LogP contribution in [0, 0.1) is 13.8 Å². The number of aromatic nitrogens is 1. The van der Waals surface area contributed by atoms with Gasteiger partial charge in [-0.05, 0) is 78.5 Å². The lowest BCUT2D eigenvalue weighted by Crippen LogP contribution is -2.48. The van der Waals surface area contributed by atoms with Gasteiger partial charge in [-0.2, -0.15) is 43.9 Å². The SMILES string of the molecule is CC1=CC(C)=N/C1=C(/c1cc(C(C)(C)C)cc(C(C)(C)C)c1)c1c(C)cc(C)n1B(OCC(F)(F)C(F)(F)F)OCC(F)(F)C(F)(F)F. The zero-order valence-corrected chi connectivity index (χ0v) is 28.4. The standard InChI is InChI=1S/C33H39BF10N2O2/c1-18-11-20(3)45-26(18)25(22-13-23(28(5,6)7)15-24(14-22)29(8,9)10)27-19(2)12-21(4)46(27)34(47-16-30(35,36)32(39,40)41)48-17-31(37,38)33(42,43)44/h11-15H,16-17H2,1-10H3/b26-25-. The molecule has 1 aliphatic rings. The predicted molar refractivity (Wildman–Crippen MR) is 166 cm³/mol. The summed E-state index contributed by atoms with van der Waals surface area (Å²) in [5, 5.41) is 0. The summed E-state index contributed by atoms with van der Waals surface area (Å²) < 4.78 is 145. The molecule has 4 nitrogen and oxygen atoms in total. The van der Waals surface area contributed by atoms with E-state index in [1.54, 1.807) is 26.8 Å². The van der Waals surface area contributed by atoms with Gasteiger partial charge in [0.2, 0.25) is 0 Å². The first kappa shape index (κ1) is 39.4. The van der Waals surface area contributed by atoms with E-state index >= 15 is 0 Å². The average molecular weight is 696 g/mol. The van der Waals surface area contributed by atoms with Gasteiger partial charge in [-0.25, -0.2) is 0 Å².